The molecule has 4 nitrogen and oxygen atoms in total. The van der Waals surface area contributed by atoms with Crippen LogP contribution >= 0.6 is 27.3 Å². The van der Waals surface area contributed by atoms with Gasteiger partial charge in [0.1, 0.15) is 0 Å². The van der Waals surface area contributed by atoms with Crippen molar-refractivity contribution in [3.8, 4) is 0 Å². The van der Waals surface area contributed by atoms with E-state index < -0.39 is 0 Å². The summed E-state index contributed by atoms with van der Waals surface area (Å²) < 4.78 is 6.12. The van der Waals surface area contributed by atoms with E-state index in [0.717, 1.165) is 22.4 Å². The van der Waals surface area contributed by atoms with E-state index in [1.807, 2.05) is 24.1 Å². The molecule has 20 heavy (non-hydrogen) atoms. The fourth-order valence-corrected chi connectivity index (χ4v) is 2.89. The predicted molar refractivity (Wildman–Crippen MR) is 84.5 cm³/mol. The molecule has 0 fully saturated rings. The summed E-state index contributed by atoms with van der Waals surface area (Å²) in [6, 6.07) is 8.15. The van der Waals surface area contributed by atoms with Crippen molar-refractivity contribution in [3.05, 3.63) is 44.9 Å². The molecule has 0 aliphatic rings. The highest BCUT2D eigenvalue weighted by Gasteiger charge is 2.13. The molecule has 0 aliphatic heterocycles. The van der Waals surface area contributed by atoms with Gasteiger partial charge in [-0.3, -0.25) is 4.79 Å². The number of benzene rings is 1. The number of hydrogen-bond donors (Lipinski definition) is 0. The summed E-state index contributed by atoms with van der Waals surface area (Å²) in [6.07, 6.45) is 0.836. The fraction of sp³-hybridized carbons (Fsp3) is 0.286. The summed E-state index contributed by atoms with van der Waals surface area (Å²) in [4.78, 5) is 18.1. The van der Waals surface area contributed by atoms with Gasteiger partial charge in [-0.25, -0.2) is 4.98 Å². The standard InChI is InChI=1S/C14H15BrN2O2S/c1-17(7-10-3-5-11(15)6-4-10)14-16-12(9-19-2)13(8-18)20-14/h3-6,8H,7,9H2,1-2H3. The Balaban J connectivity index is 2.14. The maximum atomic E-state index is 11.0. The Morgan fingerprint density at radius 3 is 2.70 bits per heavy atom. The van der Waals surface area contributed by atoms with Crippen LogP contribution in [0, 0.1) is 0 Å². The van der Waals surface area contributed by atoms with Gasteiger partial charge in [0.2, 0.25) is 0 Å². The van der Waals surface area contributed by atoms with Gasteiger partial charge in [0, 0.05) is 25.2 Å². The zero-order chi connectivity index (χ0) is 14.5. The van der Waals surface area contributed by atoms with Crippen molar-refractivity contribution in [3.63, 3.8) is 0 Å². The molecule has 1 heterocycles. The van der Waals surface area contributed by atoms with E-state index in [4.69, 9.17) is 4.74 Å². The van der Waals surface area contributed by atoms with E-state index >= 15 is 0 Å². The lowest BCUT2D eigenvalue weighted by Crippen LogP contribution is -2.16. The number of ether oxygens (including phenoxy) is 1. The highest BCUT2D eigenvalue weighted by molar-refractivity contribution is 9.10. The molecule has 0 atom stereocenters. The number of anilines is 1. The molecule has 0 amide bonds. The topological polar surface area (TPSA) is 42.4 Å². The number of thiazole rings is 1. The first-order chi connectivity index (χ1) is 9.63. The summed E-state index contributed by atoms with van der Waals surface area (Å²) in [5.41, 5.74) is 1.89. The molecule has 0 aliphatic carbocycles. The fourth-order valence-electron chi connectivity index (χ4n) is 1.78. The molecule has 2 aromatic rings. The van der Waals surface area contributed by atoms with Crippen molar-refractivity contribution < 1.29 is 9.53 Å². The molecule has 2 rings (SSSR count). The van der Waals surface area contributed by atoms with Gasteiger partial charge in [-0.05, 0) is 17.7 Å². The van der Waals surface area contributed by atoms with Gasteiger partial charge in [0.15, 0.2) is 11.4 Å². The lowest BCUT2D eigenvalue weighted by molar-refractivity contribution is 0.112. The largest absolute Gasteiger partial charge is 0.378 e. The molecular formula is C14H15BrN2O2S. The molecule has 106 valence electrons. The Bertz CT molecular complexity index is 583. The van der Waals surface area contributed by atoms with E-state index in [9.17, 15) is 4.79 Å². The number of aromatic nitrogens is 1. The molecule has 1 aromatic carbocycles. The van der Waals surface area contributed by atoms with Crippen LogP contribution in [0.5, 0.6) is 0 Å². The Kier molecular flexibility index (Phi) is 5.28. The second kappa shape index (κ2) is 6.97. The third kappa shape index (κ3) is 3.65. The van der Waals surface area contributed by atoms with Crippen LogP contribution in [0.4, 0.5) is 5.13 Å². The number of rotatable bonds is 6. The van der Waals surface area contributed by atoms with Gasteiger partial charge in [-0.2, -0.15) is 0 Å². The summed E-state index contributed by atoms with van der Waals surface area (Å²) in [7, 11) is 3.56. The maximum Gasteiger partial charge on any atom is 0.186 e. The van der Waals surface area contributed by atoms with Crippen molar-refractivity contribution in [2.24, 2.45) is 0 Å². The van der Waals surface area contributed by atoms with Crippen molar-refractivity contribution >= 4 is 38.7 Å². The average Bonchev–Trinajstić information content (AvgIpc) is 2.85. The smallest absolute Gasteiger partial charge is 0.186 e. The molecule has 0 spiro atoms. The van der Waals surface area contributed by atoms with E-state index in [1.165, 1.54) is 16.9 Å². The minimum atomic E-state index is 0.358. The van der Waals surface area contributed by atoms with Gasteiger partial charge in [0.05, 0.1) is 17.2 Å². The van der Waals surface area contributed by atoms with Crippen molar-refractivity contribution in [2.75, 3.05) is 19.1 Å². The summed E-state index contributed by atoms with van der Waals surface area (Å²) in [5.74, 6) is 0. The molecule has 0 saturated carbocycles. The monoisotopic (exact) mass is 354 g/mol. The predicted octanol–water partition coefficient (Wildman–Crippen LogP) is 3.50. The Morgan fingerprint density at radius 1 is 1.40 bits per heavy atom. The third-order valence-corrected chi connectivity index (χ3v) is 4.43. The zero-order valence-electron chi connectivity index (χ0n) is 11.3. The van der Waals surface area contributed by atoms with Gasteiger partial charge in [-0.15, -0.1) is 0 Å². The number of nitrogens with zero attached hydrogens (tertiary/aromatic N) is 2. The second-order valence-electron chi connectivity index (χ2n) is 4.34. The first-order valence-electron chi connectivity index (χ1n) is 6.03. The number of aldehydes is 1. The van der Waals surface area contributed by atoms with Crippen molar-refractivity contribution in [1.82, 2.24) is 4.98 Å². The number of carbonyl (C=O) groups excluding carboxylic acids is 1. The lowest BCUT2D eigenvalue weighted by atomic mass is 10.2. The van der Waals surface area contributed by atoms with Gasteiger partial charge in [0.25, 0.3) is 0 Å². The van der Waals surface area contributed by atoms with Crippen LogP contribution in [0.25, 0.3) is 0 Å². The Hall–Kier alpha value is -1.24. The van der Waals surface area contributed by atoms with Crippen molar-refractivity contribution in [2.45, 2.75) is 13.2 Å². The Morgan fingerprint density at radius 2 is 2.10 bits per heavy atom. The summed E-state index contributed by atoms with van der Waals surface area (Å²) >= 11 is 4.81. The lowest BCUT2D eigenvalue weighted by Gasteiger charge is -2.15. The first kappa shape index (κ1) is 15.2. The maximum absolute atomic E-state index is 11.0. The number of methoxy groups -OCH3 is 1. The molecule has 0 N–H and O–H groups in total. The van der Waals surface area contributed by atoms with Crippen molar-refractivity contribution in [1.29, 1.82) is 0 Å². The quantitative estimate of drug-likeness (QED) is 0.744. The van der Waals surface area contributed by atoms with Crippen LogP contribution in [-0.2, 0) is 17.9 Å². The average molecular weight is 355 g/mol. The highest BCUT2D eigenvalue weighted by atomic mass is 79.9. The van der Waals surface area contributed by atoms with E-state index in [1.54, 1.807) is 7.11 Å². The Labute approximate surface area is 130 Å². The molecule has 0 saturated heterocycles. The molecule has 0 unspecified atom stereocenters. The van der Waals surface area contributed by atoms with Crippen LogP contribution in [0.3, 0.4) is 0 Å². The number of halogens is 1. The minimum Gasteiger partial charge on any atom is -0.378 e. The van der Waals surface area contributed by atoms with E-state index in [0.29, 0.717) is 17.2 Å². The summed E-state index contributed by atoms with van der Waals surface area (Å²) in [6.45, 7) is 1.10. The molecule has 1 aromatic heterocycles. The second-order valence-corrected chi connectivity index (χ2v) is 6.27. The van der Waals surface area contributed by atoms with Gasteiger partial charge in [-0.1, -0.05) is 39.4 Å². The number of carbonyl (C=O) groups is 1. The zero-order valence-corrected chi connectivity index (χ0v) is 13.7. The van der Waals surface area contributed by atoms with Crippen LogP contribution in [0.15, 0.2) is 28.7 Å². The minimum absolute atomic E-state index is 0.358. The SMILES string of the molecule is COCc1nc(N(C)Cc2ccc(Br)cc2)sc1C=O. The number of hydrogen-bond acceptors (Lipinski definition) is 5. The van der Waals surface area contributed by atoms with Crippen LogP contribution in [0.1, 0.15) is 20.9 Å². The van der Waals surface area contributed by atoms with E-state index in [2.05, 4.69) is 33.0 Å². The third-order valence-electron chi connectivity index (χ3n) is 2.76. The normalized spacial score (nSPS) is 10.6. The molecule has 0 radical (unpaired) electrons. The molecule has 6 heteroatoms. The van der Waals surface area contributed by atoms with Crippen LogP contribution in [-0.4, -0.2) is 25.4 Å². The summed E-state index contributed by atoms with van der Waals surface area (Å²) in [5, 5.41) is 0.821. The van der Waals surface area contributed by atoms with Crippen LogP contribution in [0.2, 0.25) is 0 Å². The van der Waals surface area contributed by atoms with Gasteiger partial charge < -0.3 is 9.64 Å². The van der Waals surface area contributed by atoms with Gasteiger partial charge >= 0.3 is 0 Å². The highest BCUT2D eigenvalue weighted by Crippen LogP contribution is 2.26. The molecule has 0 bridgehead atoms. The van der Waals surface area contributed by atoms with Crippen LogP contribution < -0.4 is 4.90 Å². The first-order valence-corrected chi connectivity index (χ1v) is 7.64. The van der Waals surface area contributed by atoms with E-state index in [-0.39, 0.29) is 0 Å². The molecular weight excluding hydrogens is 340 g/mol.